The molecule has 0 saturated heterocycles. The van der Waals surface area contributed by atoms with Gasteiger partial charge in [0, 0.05) is 5.69 Å². The summed E-state index contributed by atoms with van der Waals surface area (Å²) in [5.41, 5.74) is 1.81. The van der Waals surface area contributed by atoms with Crippen LogP contribution in [0, 0.1) is 6.92 Å². The van der Waals surface area contributed by atoms with Crippen LogP contribution in [-0.2, 0) is 16.1 Å². The van der Waals surface area contributed by atoms with E-state index in [-0.39, 0.29) is 6.54 Å². The van der Waals surface area contributed by atoms with Crippen LogP contribution in [0.3, 0.4) is 0 Å². The number of carbonyl (C=O) groups excluding carboxylic acids is 2. The van der Waals surface area contributed by atoms with Crippen molar-refractivity contribution in [1.29, 1.82) is 0 Å². The fourth-order valence-corrected chi connectivity index (χ4v) is 2.02. The number of carbonyl (C=O) groups is 2. The van der Waals surface area contributed by atoms with E-state index in [1.54, 1.807) is 61.5 Å². The molecule has 0 aliphatic carbocycles. The second kappa shape index (κ2) is 7.16. The average Bonchev–Trinajstić information content (AvgIpc) is 2.52. The lowest BCUT2D eigenvalue weighted by molar-refractivity contribution is -0.192. The normalized spacial score (nSPS) is 11.0. The number of hydrogen-bond acceptors (Lipinski definition) is 3. The molecule has 0 spiro atoms. The molecule has 2 rings (SSSR count). The van der Waals surface area contributed by atoms with Crippen molar-refractivity contribution in [1.82, 2.24) is 0 Å². The Hall–Kier alpha value is -2.83. The SMILES string of the molecule is Cc1cccc(N(Cc2ccccc2)C(=O)OC(=O)C(F)(F)F)c1. The second-order valence-corrected chi connectivity index (χ2v) is 5.06. The molecule has 0 saturated carbocycles. The number of ether oxygens (including phenoxy) is 1. The summed E-state index contributed by atoms with van der Waals surface area (Å²) in [7, 11) is 0. The lowest BCUT2D eigenvalue weighted by Gasteiger charge is -2.22. The lowest BCUT2D eigenvalue weighted by atomic mass is 10.1. The maximum absolute atomic E-state index is 12.3. The first-order chi connectivity index (χ1) is 11.3. The number of hydrogen-bond donors (Lipinski definition) is 0. The molecule has 2 aromatic carbocycles. The summed E-state index contributed by atoms with van der Waals surface area (Å²) in [6.07, 6.45) is -6.62. The molecule has 126 valence electrons. The first-order valence-corrected chi connectivity index (χ1v) is 6.98. The highest BCUT2D eigenvalue weighted by Gasteiger charge is 2.43. The van der Waals surface area contributed by atoms with Crippen molar-refractivity contribution in [3.05, 3.63) is 65.7 Å². The number of alkyl halides is 3. The van der Waals surface area contributed by atoms with Crippen LogP contribution in [0.25, 0.3) is 0 Å². The molecule has 7 heteroatoms. The molecule has 0 fully saturated rings. The van der Waals surface area contributed by atoms with Gasteiger partial charge in [0.05, 0.1) is 6.54 Å². The largest absolute Gasteiger partial charge is 0.491 e. The van der Waals surface area contributed by atoms with Gasteiger partial charge in [0.2, 0.25) is 0 Å². The van der Waals surface area contributed by atoms with Gasteiger partial charge in [-0.1, -0.05) is 42.5 Å². The Labute approximate surface area is 136 Å². The standard InChI is InChI=1S/C17H14F3NO3/c1-12-6-5-9-14(10-12)21(11-13-7-3-2-4-8-13)16(23)24-15(22)17(18,19)20/h2-10H,11H2,1H3. The number of esters is 1. The molecule has 24 heavy (non-hydrogen) atoms. The number of benzene rings is 2. The molecule has 0 aliphatic heterocycles. The van der Waals surface area contributed by atoms with E-state index in [1.807, 2.05) is 0 Å². The highest BCUT2D eigenvalue weighted by atomic mass is 19.4. The van der Waals surface area contributed by atoms with Gasteiger partial charge in [0.25, 0.3) is 0 Å². The number of anilines is 1. The van der Waals surface area contributed by atoms with E-state index in [9.17, 15) is 22.8 Å². The smallest absolute Gasteiger partial charge is 0.369 e. The fraction of sp³-hybridized carbons (Fsp3) is 0.176. The Balaban J connectivity index is 2.28. The topological polar surface area (TPSA) is 46.6 Å². The molecular weight excluding hydrogens is 323 g/mol. The predicted molar refractivity (Wildman–Crippen MR) is 81.3 cm³/mol. The van der Waals surface area contributed by atoms with Crippen molar-refractivity contribution in [2.45, 2.75) is 19.6 Å². The van der Waals surface area contributed by atoms with Crippen LogP contribution >= 0.6 is 0 Å². The minimum absolute atomic E-state index is 0.0335. The quantitative estimate of drug-likeness (QED) is 0.622. The number of aryl methyl sites for hydroxylation is 1. The Morgan fingerprint density at radius 1 is 1.04 bits per heavy atom. The van der Waals surface area contributed by atoms with E-state index >= 15 is 0 Å². The van der Waals surface area contributed by atoms with Crippen molar-refractivity contribution in [3.8, 4) is 0 Å². The maximum Gasteiger partial charge on any atom is 0.491 e. The van der Waals surface area contributed by atoms with Crippen LogP contribution in [0.4, 0.5) is 23.7 Å². The van der Waals surface area contributed by atoms with E-state index in [0.717, 1.165) is 10.5 Å². The van der Waals surface area contributed by atoms with Gasteiger partial charge in [-0.2, -0.15) is 13.2 Å². The van der Waals surface area contributed by atoms with Gasteiger partial charge in [-0.05, 0) is 30.2 Å². The van der Waals surface area contributed by atoms with Gasteiger partial charge in [-0.15, -0.1) is 0 Å². The first-order valence-electron chi connectivity index (χ1n) is 6.98. The number of amides is 1. The molecular formula is C17H14F3NO3. The molecule has 0 aliphatic rings. The van der Waals surface area contributed by atoms with Crippen molar-refractivity contribution < 1.29 is 27.5 Å². The molecule has 0 heterocycles. The third kappa shape index (κ3) is 4.58. The van der Waals surface area contributed by atoms with E-state index in [0.29, 0.717) is 11.3 Å². The van der Waals surface area contributed by atoms with Gasteiger partial charge in [0.15, 0.2) is 0 Å². The summed E-state index contributed by atoms with van der Waals surface area (Å²) in [4.78, 5) is 24.0. The summed E-state index contributed by atoms with van der Waals surface area (Å²) in [5, 5.41) is 0. The third-order valence-electron chi connectivity index (χ3n) is 3.13. The summed E-state index contributed by atoms with van der Waals surface area (Å²) in [5.74, 6) is -2.54. The Bertz CT molecular complexity index is 729. The molecule has 1 amide bonds. The average molecular weight is 337 g/mol. The molecule has 2 aromatic rings. The number of halogens is 3. The Kier molecular flexibility index (Phi) is 5.23. The predicted octanol–water partition coefficient (Wildman–Crippen LogP) is 4.23. The zero-order chi connectivity index (χ0) is 17.7. The molecule has 0 bridgehead atoms. The Morgan fingerprint density at radius 2 is 1.71 bits per heavy atom. The van der Waals surface area contributed by atoms with Crippen molar-refractivity contribution in [3.63, 3.8) is 0 Å². The van der Waals surface area contributed by atoms with Crippen molar-refractivity contribution in [2.24, 2.45) is 0 Å². The monoisotopic (exact) mass is 337 g/mol. The summed E-state index contributed by atoms with van der Waals surface area (Å²) < 4.78 is 40.9. The van der Waals surface area contributed by atoms with Crippen LogP contribution in [0.5, 0.6) is 0 Å². The van der Waals surface area contributed by atoms with Gasteiger partial charge in [0.1, 0.15) is 0 Å². The minimum atomic E-state index is -5.24. The van der Waals surface area contributed by atoms with E-state index in [1.165, 1.54) is 0 Å². The van der Waals surface area contributed by atoms with E-state index in [2.05, 4.69) is 4.74 Å². The van der Waals surface area contributed by atoms with Crippen LogP contribution in [0.1, 0.15) is 11.1 Å². The second-order valence-electron chi connectivity index (χ2n) is 5.06. The van der Waals surface area contributed by atoms with Crippen molar-refractivity contribution in [2.75, 3.05) is 4.90 Å². The summed E-state index contributed by atoms with van der Waals surface area (Å²) >= 11 is 0. The van der Waals surface area contributed by atoms with Crippen LogP contribution in [0.2, 0.25) is 0 Å². The zero-order valence-electron chi connectivity index (χ0n) is 12.7. The zero-order valence-corrected chi connectivity index (χ0v) is 12.7. The highest BCUT2D eigenvalue weighted by molar-refractivity contribution is 5.96. The van der Waals surface area contributed by atoms with E-state index in [4.69, 9.17) is 0 Å². The first kappa shape index (κ1) is 17.5. The lowest BCUT2D eigenvalue weighted by Crippen LogP contribution is -2.36. The summed E-state index contributed by atoms with van der Waals surface area (Å²) in [6.45, 7) is 1.74. The van der Waals surface area contributed by atoms with Gasteiger partial charge in [-0.25, -0.2) is 9.59 Å². The molecule has 4 nitrogen and oxygen atoms in total. The van der Waals surface area contributed by atoms with E-state index < -0.39 is 18.2 Å². The van der Waals surface area contributed by atoms with Gasteiger partial charge >= 0.3 is 18.2 Å². The fourth-order valence-electron chi connectivity index (χ4n) is 2.02. The third-order valence-corrected chi connectivity index (χ3v) is 3.13. The number of nitrogens with zero attached hydrogens (tertiary/aromatic N) is 1. The minimum Gasteiger partial charge on any atom is -0.369 e. The van der Waals surface area contributed by atoms with Gasteiger partial charge in [-0.3, -0.25) is 4.90 Å². The van der Waals surface area contributed by atoms with Crippen LogP contribution in [-0.4, -0.2) is 18.2 Å². The molecule has 0 unspecified atom stereocenters. The molecule has 0 atom stereocenters. The Morgan fingerprint density at radius 3 is 2.29 bits per heavy atom. The molecule has 0 radical (unpaired) electrons. The number of rotatable bonds is 3. The molecule has 0 aromatic heterocycles. The summed E-state index contributed by atoms with van der Waals surface area (Å²) in [6, 6.07) is 15.2. The van der Waals surface area contributed by atoms with Crippen LogP contribution in [0.15, 0.2) is 54.6 Å². The molecule has 0 N–H and O–H groups in total. The van der Waals surface area contributed by atoms with Crippen molar-refractivity contribution >= 4 is 17.7 Å². The van der Waals surface area contributed by atoms with Gasteiger partial charge < -0.3 is 4.74 Å². The van der Waals surface area contributed by atoms with Crippen LogP contribution < -0.4 is 4.90 Å². The maximum atomic E-state index is 12.3. The highest BCUT2D eigenvalue weighted by Crippen LogP contribution is 2.22.